The summed E-state index contributed by atoms with van der Waals surface area (Å²) in [4.78, 5) is 0. The predicted octanol–water partition coefficient (Wildman–Crippen LogP) is 2.11. The van der Waals surface area contributed by atoms with Crippen molar-refractivity contribution in [1.82, 2.24) is 0 Å². The monoisotopic (exact) mass is 180 g/mol. The second-order valence-corrected chi connectivity index (χ2v) is 2.84. The second-order valence-electron chi connectivity index (χ2n) is 2.84. The standard InChI is InChI=1S/C10H9FO2/c11-9-2-1-7-4-6-13-10(7)8(9)3-5-12/h1-2,4,6,12H,3,5H2. The summed E-state index contributed by atoms with van der Waals surface area (Å²) in [6.07, 6.45) is 1.81. The fourth-order valence-electron chi connectivity index (χ4n) is 1.41. The van der Waals surface area contributed by atoms with Crippen molar-refractivity contribution in [3.63, 3.8) is 0 Å². The summed E-state index contributed by atoms with van der Waals surface area (Å²) in [5.41, 5.74) is 0.985. The van der Waals surface area contributed by atoms with Crippen LogP contribution in [0.5, 0.6) is 0 Å². The minimum Gasteiger partial charge on any atom is -0.464 e. The van der Waals surface area contributed by atoms with Crippen LogP contribution >= 0.6 is 0 Å². The molecule has 0 spiro atoms. The largest absolute Gasteiger partial charge is 0.464 e. The first-order chi connectivity index (χ1) is 6.33. The molecule has 0 aliphatic heterocycles. The number of furan rings is 1. The van der Waals surface area contributed by atoms with Gasteiger partial charge in [0, 0.05) is 24.0 Å². The van der Waals surface area contributed by atoms with Gasteiger partial charge in [-0.15, -0.1) is 0 Å². The highest BCUT2D eigenvalue weighted by Crippen LogP contribution is 2.22. The van der Waals surface area contributed by atoms with Crippen LogP contribution < -0.4 is 0 Å². The van der Waals surface area contributed by atoms with E-state index in [-0.39, 0.29) is 18.8 Å². The van der Waals surface area contributed by atoms with Crippen molar-refractivity contribution in [1.29, 1.82) is 0 Å². The fourth-order valence-corrected chi connectivity index (χ4v) is 1.41. The van der Waals surface area contributed by atoms with Crippen LogP contribution in [0.15, 0.2) is 28.9 Å². The van der Waals surface area contributed by atoms with Crippen molar-refractivity contribution < 1.29 is 13.9 Å². The van der Waals surface area contributed by atoms with Gasteiger partial charge in [0.1, 0.15) is 11.4 Å². The van der Waals surface area contributed by atoms with Crippen LogP contribution in [-0.2, 0) is 6.42 Å². The van der Waals surface area contributed by atoms with Crippen molar-refractivity contribution in [3.8, 4) is 0 Å². The van der Waals surface area contributed by atoms with Crippen molar-refractivity contribution >= 4 is 11.0 Å². The minimum absolute atomic E-state index is 0.0727. The SMILES string of the molecule is OCCc1c(F)ccc2ccoc12. The van der Waals surface area contributed by atoms with Gasteiger partial charge in [-0.3, -0.25) is 0 Å². The molecule has 2 rings (SSSR count). The fraction of sp³-hybridized carbons (Fsp3) is 0.200. The topological polar surface area (TPSA) is 33.4 Å². The summed E-state index contributed by atoms with van der Waals surface area (Å²) >= 11 is 0. The molecule has 0 bridgehead atoms. The molecule has 0 saturated carbocycles. The van der Waals surface area contributed by atoms with E-state index in [0.717, 1.165) is 5.39 Å². The number of hydrogen-bond acceptors (Lipinski definition) is 2. The molecule has 0 atom stereocenters. The van der Waals surface area contributed by atoms with E-state index < -0.39 is 0 Å². The normalized spacial score (nSPS) is 10.9. The summed E-state index contributed by atoms with van der Waals surface area (Å²) in [5, 5.41) is 9.60. The molecule has 2 nitrogen and oxygen atoms in total. The number of halogens is 1. The lowest BCUT2D eigenvalue weighted by molar-refractivity contribution is 0.297. The molecule has 3 heteroatoms. The average Bonchev–Trinajstić information content (AvgIpc) is 2.58. The zero-order valence-corrected chi connectivity index (χ0v) is 6.96. The van der Waals surface area contributed by atoms with Crippen LogP contribution in [0.3, 0.4) is 0 Å². The zero-order chi connectivity index (χ0) is 9.26. The number of benzene rings is 1. The van der Waals surface area contributed by atoms with Gasteiger partial charge in [-0.1, -0.05) is 0 Å². The number of aliphatic hydroxyl groups excluding tert-OH is 1. The van der Waals surface area contributed by atoms with Gasteiger partial charge in [-0.2, -0.15) is 0 Å². The van der Waals surface area contributed by atoms with Crippen LogP contribution in [0.25, 0.3) is 11.0 Å². The van der Waals surface area contributed by atoms with Gasteiger partial charge in [0.15, 0.2) is 0 Å². The molecule has 2 aromatic rings. The molecule has 0 aliphatic carbocycles. The summed E-state index contributed by atoms with van der Waals surface area (Å²) < 4.78 is 18.3. The maximum absolute atomic E-state index is 13.2. The van der Waals surface area contributed by atoms with Gasteiger partial charge in [0.25, 0.3) is 0 Å². The summed E-state index contributed by atoms with van der Waals surface area (Å²) in [7, 11) is 0. The molecule has 0 amide bonds. The lowest BCUT2D eigenvalue weighted by Gasteiger charge is -2.00. The highest BCUT2D eigenvalue weighted by Gasteiger charge is 2.09. The Balaban J connectivity index is 2.66. The van der Waals surface area contributed by atoms with E-state index in [1.165, 1.54) is 12.3 Å². The molecule has 0 radical (unpaired) electrons. The first-order valence-electron chi connectivity index (χ1n) is 4.08. The van der Waals surface area contributed by atoms with Crippen LogP contribution in [0.1, 0.15) is 5.56 Å². The van der Waals surface area contributed by atoms with E-state index in [0.29, 0.717) is 11.1 Å². The molecule has 0 unspecified atom stereocenters. The summed E-state index contributed by atoms with van der Waals surface area (Å²) in [6, 6.07) is 4.83. The van der Waals surface area contributed by atoms with Crippen molar-refractivity contribution in [2.45, 2.75) is 6.42 Å². The molecule has 0 aliphatic rings. The van der Waals surface area contributed by atoms with E-state index >= 15 is 0 Å². The Morgan fingerprint density at radius 2 is 2.15 bits per heavy atom. The first kappa shape index (κ1) is 8.26. The molecule has 1 heterocycles. The van der Waals surface area contributed by atoms with Gasteiger partial charge in [0.2, 0.25) is 0 Å². The second kappa shape index (κ2) is 3.18. The minimum atomic E-state index is -0.323. The third-order valence-corrected chi connectivity index (χ3v) is 2.03. The Labute approximate surface area is 74.6 Å². The van der Waals surface area contributed by atoms with Gasteiger partial charge in [-0.25, -0.2) is 4.39 Å². The summed E-state index contributed by atoms with van der Waals surface area (Å²) in [6.45, 7) is -0.0727. The molecule has 0 saturated heterocycles. The first-order valence-corrected chi connectivity index (χ1v) is 4.08. The van der Waals surface area contributed by atoms with E-state index in [2.05, 4.69) is 0 Å². The van der Waals surface area contributed by atoms with Gasteiger partial charge >= 0.3 is 0 Å². The van der Waals surface area contributed by atoms with E-state index in [4.69, 9.17) is 9.52 Å². The number of aliphatic hydroxyl groups is 1. The maximum atomic E-state index is 13.2. The maximum Gasteiger partial charge on any atom is 0.140 e. The molecule has 1 aromatic heterocycles. The average molecular weight is 180 g/mol. The molecule has 68 valence electrons. The summed E-state index contributed by atoms with van der Waals surface area (Å²) in [5.74, 6) is -0.323. The molecular formula is C10H9FO2. The number of hydrogen-bond donors (Lipinski definition) is 1. The van der Waals surface area contributed by atoms with Gasteiger partial charge < -0.3 is 9.52 Å². The highest BCUT2D eigenvalue weighted by atomic mass is 19.1. The molecule has 1 aromatic carbocycles. The quantitative estimate of drug-likeness (QED) is 0.767. The lowest BCUT2D eigenvalue weighted by Crippen LogP contribution is -1.95. The molecule has 1 N–H and O–H groups in total. The van der Waals surface area contributed by atoms with E-state index in [1.54, 1.807) is 12.1 Å². The third-order valence-electron chi connectivity index (χ3n) is 2.03. The van der Waals surface area contributed by atoms with Crippen LogP contribution in [0.4, 0.5) is 4.39 Å². The van der Waals surface area contributed by atoms with Crippen molar-refractivity contribution in [3.05, 3.63) is 35.8 Å². The highest BCUT2D eigenvalue weighted by molar-refractivity contribution is 5.80. The molecular weight excluding hydrogens is 171 g/mol. The molecule has 0 fully saturated rings. The van der Waals surface area contributed by atoms with Crippen molar-refractivity contribution in [2.75, 3.05) is 6.61 Å². The Bertz CT molecular complexity index is 420. The van der Waals surface area contributed by atoms with E-state index in [9.17, 15) is 4.39 Å². The van der Waals surface area contributed by atoms with Crippen molar-refractivity contribution in [2.24, 2.45) is 0 Å². The number of rotatable bonds is 2. The Morgan fingerprint density at radius 1 is 1.31 bits per heavy atom. The van der Waals surface area contributed by atoms with Crippen LogP contribution in [0, 0.1) is 5.82 Å². The predicted molar refractivity (Wildman–Crippen MR) is 47.0 cm³/mol. The third kappa shape index (κ3) is 1.31. The number of fused-ring (bicyclic) bond motifs is 1. The van der Waals surface area contributed by atoms with Crippen LogP contribution in [0.2, 0.25) is 0 Å². The van der Waals surface area contributed by atoms with Gasteiger partial charge in [0.05, 0.1) is 6.26 Å². The Hall–Kier alpha value is -1.35. The molecule has 13 heavy (non-hydrogen) atoms. The lowest BCUT2D eigenvalue weighted by atomic mass is 10.1. The van der Waals surface area contributed by atoms with E-state index in [1.807, 2.05) is 0 Å². The van der Waals surface area contributed by atoms with Gasteiger partial charge in [-0.05, 0) is 18.2 Å². The Kier molecular flexibility index (Phi) is 2.02. The van der Waals surface area contributed by atoms with Crippen LogP contribution in [-0.4, -0.2) is 11.7 Å². The zero-order valence-electron chi connectivity index (χ0n) is 6.96. The Morgan fingerprint density at radius 3 is 2.92 bits per heavy atom. The smallest absolute Gasteiger partial charge is 0.140 e.